The molecule has 2 amide bonds. The standard InChI is InChI=1S/C25H33N3O6S2/c1-16-13-28(17(2)15-29)23(30)12-19-11-20(26-25(31)18-6-7-18)8-9-21(19)34-22(16)14-27(3)36(32,33)24-5-4-10-35-24/h4-5,8-11,16-18,22,29H,6-7,12-15H2,1-3H3,(H,26,31)/t16-,17-,22-/m0/s1. The third kappa shape index (κ3) is 5.91. The number of nitrogens with one attached hydrogen (secondary N) is 1. The number of likely N-dealkylation sites (N-methyl/N-ethyl adjacent to an activating group) is 1. The Kier molecular flexibility index (Phi) is 8.03. The summed E-state index contributed by atoms with van der Waals surface area (Å²) in [6, 6.07) is 8.06. The van der Waals surface area contributed by atoms with Crippen LogP contribution in [0.5, 0.6) is 5.75 Å². The smallest absolute Gasteiger partial charge is 0.252 e. The molecule has 2 heterocycles. The molecule has 3 atom stereocenters. The number of anilines is 1. The summed E-state index contributed by atoms with van der Waals surface area (Å²) in [7, 11) is -2.17. The fourth-order valence-electron chi connectivity index (χ4n) is 4.23. The first-order valence-corrected chi connectivity index (χ1v) is 14.4. The molecule has 1 fully saturated rings. The Morgan fingerprint density at radius 2 is 2.08 bits per heavy atom. The highest BCUT2D eigenvalue weighted by Crippen LogP contribution is 2.33. The highest BCUT2D eigenvalue weighted by atomic mass is 32.2. The first-order valence-electron chi connectivity index (χ1n) is 12.1. The number of fused-ring (bicyclic) bond motifs is 1. The minimum Gasteiger partial charge on any atom is -0.488 e. The molecule has 36 heavy (non-hydrogen) atoms. The topological polar surface area (TPSA) is 116 Å². The molecule has 0 saturated heterocycles. The van der Waals surface area contributed by atoms with E-state index in [-0.39, 0.29) is 47.4 Å². The second-order valence-electron chi connectivity index (χ2n) is 9.69. The summed E-state index contributed by atoms with van der Waals surface area (Å²) < 4.78 is 34.0. The van der Waals surface area contributed by atoms with Gasteiger partial charge in [0.05, 0.1) is 25.6 Å². The van der Waals surface area contributed by atoms with Crippen molar-refractivity contribution in [2.45, 2.75) is 49.5 Å². The molecule has 0 radical (unpaired) electrons. The van der Waals surface area contributed by atoms with E-state index in [1.165, 1.54) is 11.4 Å². The summed E-state index contributed by atoms with van der Waals surface area (Å²) in [5.41, 5.74) is 1.19. The van der Waals surface area contributed by atoms with Crippen LogP contribution in [0.15, 0.2) is 39.9 Å². The lowest BCUT2D eigenvalue weighted by atomic mass is 10.0. The number of rotatable bonds is 8. The molecule has 1 aromatic heterocycles. The predicted octanol–water partition coefficient (Wildman–Crippen LogP) is 2.57. The van der Waals surface area contributed by atoms with Gasteiger partial charge in [-0.2, -0.15) is 4.31 Å². The lowest BCUT2D eigenvalue weighted by Gasteiger charge is -2.33. The van der Waals surface area contributed by atoms with Crippen LogP contribution in [0.2, 0.25) is 0 Å². The van der Waals surface area contributed by atoms with Crippen molar-refractivity contribution in [3.05, 3.63) is 41.3 Å². The number of aliphatic hydroxyl groups is 1. The van der Waals surface area contributed by atoms with Crippen LogP contribution in [0, 0.1) is 11.8 Å². The molecule has 11 heteroatoms. The number of sulfonamides is 1. The van der Waals surface area contributed by atoms with Crippen molar-refractivity contribution in [2.24, 2.45) is 11.8 Å². The molecule has 196 valence electrons. The van der Waals surface area contributed by atoms with Crippen LogP contribution in [0.1, 0.15) is 32.3 Å². The zero-order valence-electron chi connectivity index (χ0n) is 20.7. The van der Waals surface area contributed by atoms with Gasteiger partial charge in [0.2, 0.25) is 11.8 Å². The number of ether oxygens (including phenoxy) is 1. The van der Waals surface area contributed by atoms with Crippen molar-refractivity contribution in [3.63, 3.8) is 0 Å². The van der Waals surface area contributed by atoms with Crippen LogP contribution >= 0.6 is 11.3 Å². The van der Waals surface area contributed by atoms with Crippen LogP contribution in [0.4, 0.5) is 5.69 Å². The average Bonchev–Trinajstić information content (AvgIpc) is 3.54. The largest absolute Gasteiger partial charge is 0.488 e. The summed E-state index contributed by atoms with van der Waals surface area (Å²) in [6.07, 6.45) is 1.24. The van der Waals surface area contributed by atoms with Gasteiger partial charge in [-0.15, -0.1) is 11.3 Å². The number of hydrogen-bond acceptors (Lipinski definition) is 7. The van der Waals surface area contributed by atoms with Gasteiger partial charge in [-0.3, -0.25) is 9.59 Å². The quantitative estimate of drug-likeness (QED) is 0.537. The molecule has 9 nitrogen and oxygen atoms in total. The molecular weight excluding hydrogens is 502 g/mol. The van der Waals surface area contributed by atoms with Crippen LogP contribution in [0.3, 0.4) is 0 Å². The van der Waals surface area contributed by atoms with Crippen molar-refractivity contribution in [1.82, 2.24) is 9.21 Å². The van der Waals surface area contributed by atoms with Gasteiger partial charge in [0.15, 0.2) is 0 Å². The minimum absolute atomic E-state index is 0.0345. The van der Waals surface area contributed by atoms with Gasteiger partial charge in [0, 0.05) is 36.7 Å². The Labute approximate surface area is 216 Å². The van der Waals surface area contributed by atoms with E-state index < -0.39 is 22.2 Å². The van der Waals surface area contributed by atoms with Crippen LogP contribution in [-0.4, -0.2) is 73.4 Å². The molecule has 0 spiro atoms. The van der Waals surface area contributed by atoms with Crippen LogP contribution in [-0.2, 0) is 26.0 Å². The molecule has 2 aromatic rings. The fourth-order valence-corrected chi connectivity index (χ4v) is 6.61. The summed E-state index contributed by atoms with van der Waals surface area (Å²) in [5.74, 6) is 0.0843. The Bertz CT molecular complexity index is 1200. The molecule has 1 aliphatic heterocycles. The van der Waals surface area contributed by atoms with E-state index in [0.717, 1.165) is 24.2 Å². The van der Waals surface area contributed by atoms with Gasteiger partial charge in [-0.1, -0.05) is 13.0 Å². The maximum absolute atomic E-state index is 13.3. The molecule has 1 saturated carbocycles. The monoisotopic (exact) mass is 535 g/mol. The average molecular weight is 536 g/mol. The lowest BCUT2D eigenvalue weighted by molar-refractivity contribution is -0.134. The maximum atomic E-state index is 13.3. The summed E-state index contributed by atoms with van der Waals surface area (Å²) in [6.45, 7) is 3.88. The molecule has 2 aliphatic rings. The SMILES string of the molecule is C[C@H]1CN([C@@H](C)CO)C(=O)Cc2cc(NC(=O)C3CC3)ccc2O[C@H]1CN(C)S(=O)(=O)c1cccs1. The number of carbonyl (C=O) groups is 2. The zero-order chi connectivity index (χ0) is 26.0. The number of thiophene rings is 1. The zero-order valence-corrected chi connectivity index (χ0v) is 22.3. The van der Waals surface area contributed by atoms with E-state index in [4.69, 9.17) is 4.74 Å². The third-order valence-corrected chi connectivity index (χ3v) is 9.93. The van der Waals surface area contributed by atoms with Crippen LogP contribution < -0.4 is 10.1 Å². The van der Waals surface area contributed by atoms with Gasteiger partial charge in [-0.05, 0) is 49.4 Å². The van der Waals surface area contributed by atoms with E-state index in [9.17, 15) is 23.1 Å². The van der Waals surface area contributed by atoms with Gasteiger partial charge >= 0.3 is 0 Å². The number of hydrogen-bond donors (Lipinski definition) is 2. The lowest BCUT2D eigenvalue weighted by Crippen LogP contribution is -2.48. The van der Waals surface area contributed by atoms with Crippen LogP contribution in [0.25, 0.3) is 0 Å². The molecule has 2 N–H and O–H groups in total. The third-order valence-electron chi connectivity index (χ3n) is 6.73. The summed E-state index contributed by atoms with van der Waals surface area (Å²) in [5, 5.41) is 14.4. The number of amides is 2. The highest BCUT2D eigenvalue weighted by Gasteiger charge is 2.34. The van der Waals surface area contributed by atoms with E-state index in [0.29, 0.717) is 23.5 Å². The highest BCUT2D eigenvalue weighted by molar-refractivity contribution is 7.91. The van der Waals surface area contributed by atoms with E-state index >= 15 is 0 Å². The number of aliphatic hydroxyl groups excluding tert-OH is 1. The van der Waals surface area contributed by atoms with Crippen molar-refractivity contribution >= 4 is 38.9 Å². The first-order chi connectivity index (χ1) is 17.1. The van der Waals surface area contributed by atoms with E-state index in [1.54, 1.807) is 47.5 Å². The number of carbonyl (C=O) groups excluding carboxylic acids is 2. The number of benzene rings is 1. The molecular formula is C25H33N3O6S2. The second-order valence-corrected chi connectivity index (χ2v) is 12.9. The Hall–Kier alpha value is -2.47. The molecule has 1 aromatic carbocycles. The Morgan fingerprint density at radius 1 is 1.33 bits per heavy atom. The minimum atomic E-state index is -3.69. The molecule has 0 bridgehead atoms. The van der Waals surface area contributed by atoms with Gasteiger partial charge in [0.1, 0.15) is 16.1 Å². The van der Waals surface area contributed by atoms with Gasteiger partial charge in [0.25, 0.3) is 10.0 Å². The van der Waals surface area contributed by atoms with E-state index in [1.807, 2.05) is 6.92 Å². The molecule has 1 aliphatic carbocycles. The normalized spacial score (nSPS) is 21.7. The predicted molar refractivity (Wildman–Crippen MR) is 137 cm³/mol. The Morgan fingerprint density at radius 3 is 2.72 bits per heavy atom. The Balaban J connectivity index is 1.64. The van der Waals surface area contributed by atoms with Gasteiger partial charge in [-0.25, -0.2) is 8.42 Å². The maximum Gasteiger partial charge on any atom is 0.252 e. The first kappa shape index (κ1) is 26.6. The molecule has 0 unspecified atom stereocenters. The summed E-state index contributed by atoms with van der Waals surface area (Å²) >= 11 is 1.16. The van der Waals surface area contributed by atoms with Gasteiger partial charge < -0.3 is 20.1 Å². The van der Waals surface area contributed by atoms with Crippen molar-refractivity contribution in [2.75, 3.05) is 32.1 Å². The van der Waals surface area contributed by atoms with Crippen molar-refractivity contribution < 1.29 is 27.9 Å². The van der Waals surface area contributed by atoms with E-state index in [2.05, 4.69) is 5.32 Å². The fraction of sp³-hybridized carbons (Fsp3) is 0.520. The number of nitrogens with zero attached hydrogens (tertiary/aromatic N) is 2. The summed E-state index contributed by atoms with van der Waals surface area (Å²) in [4.78, 5) is 27.2. The molecule has 4 rings (SSSR count). The second kappa shape index (κ2) is 10.9. The van der Waals surface area contributed by atoms with Crippen molar-refractivity contribution in [1.29, 1.82) is 0 Å². The van der Waals surface area contributed by atoms with Crippen molar-refractivity contribution in [3.8, 4) is 5.75 Å².